The molecule has 0 aromatic carbocycles. The first-order valence-electron chi connectivity index (χ1n) is 2.71. The highest BCUT2D eigenvalue weighted by molar-refractivity contribution is 5.73. The van der Waals surface area contributed by atoms with E-state index in [0.717, 1.165) is 0 Å². The lowest BCUT2D eigenvalue weighted by Crippen LogP contribution is -1.76. The van der Waals surface area contributed by atoms with Gasteiger partial charge in [0.05, 0.1) is 0 Å². The summed E-state index contributed by atoms with van der Waals surface area (Å²) in [4.78, 5) is 14.0. The highest BCUT2D eigenvalue weighted by atomic mass is 16.1. The molecule has 1 aromatic heterocycles. The van der Waals surface area contributed by atoms with Gasteiger partial charge in [-0.15, -0.1) is 0 Å². The second-order valence-corrected chi connectivity index (χ2v) is 1.34. The summed E-state index contributed by atoms with van der Waals surface area (Å²) in [5, 5.41) is 0. The van der Waals surface area contributed by atoms with Crippen LogP contribution in [0.1, 0.15) is 11.7 Å². The van der Waals surface area contributed by atoms with Crippen LogP contribution in [0, 0.1) is 0 Å². The first-order chi connectivity index (χ1) is 4.30. The molecular weight excluding hydrogens is 102 g/mol. The van der Waals surface area contributed by atoms with Gasteiger partial charge in [-0.2, -0.15) is 0 Å². The zero-order valence-electron chi connectivity index (χ0n) is 5.16. The van der Waals surface area contributed by atoms with Gasteiger partial charge < -0.3 is 0 Å². The van der Waals surface area contributed by atoms with Crippen molar-refractivity contribution in [1.29, 1.82) is 0 Å². The molecule has 2 nitrogen and oxygen atoms in total. The first kappa shape index (κ1) is 3.78. The second kappa shape index (κ2) is 2.21. The summed E-state index contributed by atoms with van der Waals surface area (Å²) in [6.07, 6.45) is 2.31. The van der Waals surface area contributed by atoms with Gasteiger partial charge in [-0.25, -0.2) is 0 Å². The Morgan fingerprint density at radius 3 is 2.62 bits per heavy atom. The average molecular weight is 108 g/mol. The Labute approximate surface area is 48.6 Å². The maximum atomic E-state index is 10.3. The number of rotatable bonds is 1. The second-order valence-electron chi connectivity index (χ2n) is 1.34. The van der Waals surface area contributed by atoms with E-state index in [4.69, 9.17) is 1.37 Å². The number of carbonyl (C=O) groups excluding carboxylic acids is 1. The Balaban J connectivity index is 2.98. The van der Waals surface area contributed by atoms with Gasteiger partial charge in [0, 0.05) is 18.0 Å². The summed E-state index contributed by atoms with van der Waals surface area (Å²) in [5.41, 5.74) is 0.380. The van der Waals surface area contributed by atoms with Gasteiger partial charge in [-0.05, 0) is 12.1 Å². The van der Waals surface area contributed by atoms with Crippen molar-refractivity contribution < 1.29 is 6.17 Å². The van der Waals surface area contributed by atoms with Crippen molar-refractivity contribution >= 4 is 6.26 Å². The van der Waals surface area contributed by atoms with Crippen LogP contribution in [0.2, 0.25) is 0 Å². The molecule has 0 aliphatic carbocycles. The van der Waals surface area contributed by atoms with Crippen LogP contribution in [0.4, 0.5) is 0 Å². The minimum Gasteiger partial charge on any atom is -0.298 e. The van der Waals surface area contributed by atoms with Crippen LogP contribution in [0.5, 0.6) is 0 Å². The SMILES string of the molecule is [2H]C(=O)c1ccncc1. The van der Waals surface area contributed by atoms with Crippen molar-refractivity contribution in [2.24, 2.45) is 0 Å². The lowest BCUT2D eigenvalue weighted by Gasteiger charge is -1.81. The van der Waals surface area contributed by atoms with Gasteiger partial charge in [0.2, 0.25) is 0 Å². The van der Waals surface area contributed by atoms with Crippen LogP contribution in [0.25, 0.3) is 0 Å². The maximum Gasteiger partial charge on any atom is 0.150 e. The third-order valence-electron chi connectivity index (χ3n) is 0.798. The van der Waals surface area contributed by atoms with Gasteiger partial charge in [0.25, 0.3) is 0 Å². The predicted molar refractivity (Wildman–Crippen MR) is 29.6 cm³/mol. The molecule has 0 aliphatic heterocycles. The van der Waals surface area contributed by atoms with Crippen molar-refractivity contribution in [3.63, 3.8) is 0 Å². The molecule has 2 heteroatoms. The molecular formula is C6H5NO. The predicted octanol–water partition coefficient (Wildman–Crippen LogP) is 0.894. The van der Waals surface area contributed by atoms with Gasteiger partial charge in [0.1, 0.15) is 7.63 Å². The molecule has 0 atom stereocenters. The van der Waals surface area contributed by atoms with Crippen molar-refractivity contribution in [3.05, 3.63) is 30.1 Å². The number of carbonyl (C=O) groups is 1. The Kier molecular flexibility index (Phi) is 1.04. The molecule has 1 heterocycles. The number of aldehydes is 1. The van der Waals surface area contributed by atoms with E-state index in [1.165, 1.54) is 24.5 Å². The van der Waals surface area contributed by atoms with Gasteiger partial charge >= 0.3 is 0 Å². The van der Waals surface area contributed by atoms with E-state index in [2.05, 4.69) is 4.98 Å². The number of nitrogens with zero attached hydrogens (tertiary/aromatic N) is 1. The minimum absolute atomic E-state index is 0.380. The van der Waals surface area contributed by atoms with Crippen molar-refractivity contribution in [2.45, 2.75) is 0 Å². The van der Waals surface area contributed by atoms with E-state index in [9.17, 15) is 4.79 Å². The summed E-state index contributed by atoms with van der Waals surface area (Å²) in [7, 11) is 0. The van der Waals surface area contributed by atoms with E-state index in [-0.39, 0.29) is 0 Å². The van der Waals surface area contributed by atoms with Crippen molar-refractivity contribution in [3.8, 4) is 0 Å². The topological polar surface area (TPSA) is 30.0 Å². The van der Waals surface area contributed by atoms with Gasteiger partial charge in [0.15, 0.2) is 0 Å². The number of hydrogen-bond acceptors (Lipinski definition) is 2. The van der Waals surface area contributed by atoms with Crippen molar-refractivity contribution in [1.82, 2.24) is 4.98 Å². The van der Waals surface area contributed by atoms with E-state index in [1.54, 1.807) is 0 Å². The lowest BCUT2D eigenvalue weighted by molar-refractivity contribution is 0.112. The zero-order valence-corrected chi connectivity index (χ0v) is 4.16. The third-order valence-corrected chi connectivity index (χ3v) is 0.798. The Morgan fingerprint density at radius 2 is 2.25 bits per heavy atom. The molecule has 0 N–H and O–H groups in total. The molecule has 0 saturated heterocycles. The van der Waals surface area contributed by atoms with E-state index < -0.39 is 6.26 Å². The fourth-order valence-electron chi connectivity index (χ4n) is 0.420. The largest absolute Gasteiger partial charge is 0.298 e. The summed E-state index contributed by atoms with van der Waals surface area (Å²) in [5.74, 6) is 0. The number of pyridine rings is 1. The number of aromatic nitrogens is 1. The molecule has 0 aliphatic rings. The molecule has 0 spiro atoms. The zero-order chi connectivity index (χ0) is 6.69. The lowest BCUT2D eigenvalue weighted by atomic mass is 10.3. The molecule has 1 aromatic rings. The highest BCUT2D eigenvalue weighted by Gasteiger charge is 1.80. The van der Waals surface area contributed by atoms with E-state index in [1.807, 2.05) is 0 Å². The fraction of sp³-hybridized carbons (Fsp3) is 0. The molecule has 0 radical (unpaired) electrons. The Morgan fingerprint density at radius 1 is 1.62 bits per heavy atom. The van der Waals surface area contributed by atoms with E-state index >= 15 is 0 Å². The number of hydrogen-bond donors (Lipinski definition) is 0. The van der Waals surface area contributed by atoms with Crippen LogP contribution in [0.15, 0.2) is 24.5 Å². The molecule has 0 fully saturated rings. The highest BCUT2D eigenvalue weighted by Crippen LogP contribution is 1.88. The summed E-state index contributed by atoms with van der Waals surface area (Å²) < 4.78 is 6.65. The minimum atomic E-state index is -0.669. The molecule has 8 heavy (non-hydrogen) atoms. The van der Waals surface area contributed by atoms with Crippen molar-refractivity contribution in [2.75, 3.05) is 0 Å². The average Bonchev–Trinajstić information content (AvgIpc) is 1.90. The summed E-state index contributed by atoms with van der Waals surface area (Å²) in [6, 6.07) is 3.02. The third kappa shape index (κ3) is 0.904. The van der Waals surface area contributed by atoms with Crippen LogP contribution >= 0.6 is 0 Å². The Bertz CT molecular complexity index is 210. The molecule has 1 rings (SSSR count). The quantitative estimate of drug-likeness (QED) is 0.500. The monoisotopic (exact) mass is 108 g/mol. The summed E-state index contributed by atoms with van der Waals surface area (Å²) >= 11 is 0. The molecule has 0 unspecified atom stereocenters. The van der Waals surface area contributed by atoms with Crippen LogP contribution in [-0.4, -0.2) is 11.2 Å². The first-order valence-corrected chi connectivity index (χ1v) is 2.21. The van der Waals surface area contributed by atoms with Crippen LogP contribution < -0.4 is 0 Å². The van der Waals surface area contributed by atoms with Crippen LogP contribution in [-0.2, 0) is 0 Å². The van der Waals surface area contributed by atoms with Gasteiger partial charge in [-0.3, -0.25) is 9.78 Å². The molecule has 0 saturated carbocycles. The normalized spacial score (nSPS) is 10.2. The maximum absolute atomic E-state index is 10.3. The Hall–Kier alpha value is -1.18. The smallest absolute Gasteiger partial charge is 0.150 e. The summed E-state index contributed by atoms with van der Waals surface area (Å²) in [6.45, 7) is 0. The standard InChI is InChI=1S/C6H5NO/c8-5-6-1-3-7-4-2-6/h1-5H/i5D. The van der Waals surface area contributed by atoms with E-state index in [0.29, 0.717) is 5.56 Å². The molecule has 0 bridgehead atoms. The van der Waals surface area contributed by atoms with Gasteiger partial charge in [-0.1, -0.05) is 0 Å². The van der Waals surface area contributed by atoms with Crippen LogP contribution in [0.3, 0.4) is 0 Å². The molecule has 0 amide bonds. The molecule has 40 valence electrons. The fourth-order valence-corrected chi connectivity index (χ4v) is 0.420.